The third-order valence-electron chi connectivity index (χ3n) is 10.6. The molecule has 1 unspecified atom stereocenters. The van der Waals surface area contributed by atoms with Gasteiger partial charge >= 0.3 is 12.1 Å². The second-order valence-electron chi connectivity index (χ2n) is 13.2. The molecule has 4 aliphatic rings. The summed E-state index contributed by atoms with van der Waals surface area (Å²) >= 11 is 0. The molecule has 9 nitrogen and oxygen atoms in total. The van der Waals surface area contributed by atoms with Crippen LogP contribution in [0.2, 0.25) is 0 Å². The van der Waals surface area contributed by atoms with Crippen LogP contribution in [-0.4, -0.2) is 83.6 Å². The molecule has 2 aromatic rings. The molecule has 6 rings (SSSR count). The van der Waals surface area contributed by atoms with E-state index in [9.17, 15) is 22.4 Å². The summed E-state index contributed by atoms with van der Waals surface area (Å²) in [7, 11) is -0.459. The van der Waals surface area contributed by atoms with Crippen LogP contribution in [0.25, 0.3) is 0 Å². The number of ether oxygens (including phenoxy) is 2. The maximum absolute atomic E-state index is 14.7. The van der Waals surface area contributed by atoms with E-state index in [1.54, 1.807) is 18.2 Å². The van der Waals surface area contributed by atoms with E-state index < -0.39 is 27.2 Å². The van der Waals surface area contributed by atoms with Crippen LogP contribution >= 0.6 is 0 Å². The number of hydrogen-bond acceptors (Lipinski definition) is 8. The van der Waals surface area contributed by atoms with Crippen LogP contribution in [-0.2, 0) is 29.5 Å². The quantitative estimate of drug-likeness (QED) is 0.377. The first-order valence-corrected chi connectivity index (χ1v) is 17.7. The Balaban J connectivity index is 1.13. The number of piperidine rings is 1. The number of nitrogens with one attached hydrogen (secondary N) is 1. The summed E-state index contributed by atoms with van der Waals surface area (Å²) in [4.78, 5) is 31.4. The Hall–Kier alpha value is -3.18. The van der Waals surface area contributed by atoms with E-state index in [1.807, 2.05) is 18.2 Å². The first-order chi connectivity index (χ1) is 21.7. The minimum atomic E-state index is -3.18. The van der Waals surface area contributed by atoms with Crippen LogP contribution in [0.3, 0.4) is 0 Å². The standard InChI is InChI=1S/C34H44FN3O6S/c1-43-32(39)34(25-5-3-6-26(35)19-25,30-7-4-8-31(30)36-33(40)44-2)24-15-17-37(18-16-24)20-23-21-38(22-23)27-9-11-28(12-10-27)45(41,42)29-13-14-29/h3,5-6,9-12,19,23-24,29-31H,4,7-8,13-18,20-22H2,1-2H3,(H,36,40)/t30-,31-,34?/m0/s1. The molecule has 2 heterocycles. The maximum atomic E-state index is 14.7. The second-order valence-corrected chi connectivity index (χ2v) is 15.5. The normalized spacial score (nSPS) is 24.5. The van der Waals surface area contributed by atoms with Gasteiger partial charge in [-0.3, -0.25) is 4.79 Å². The molecule has 45 heavy (non-hydrogen) atoms. The Kier molecular flexibility index (Phi) is 9.12. The lowest BCUT2D eigenvalue weighted by molar-refractivity contribution is -0.155. The molecular weight excluding hydrogens is 597 g/mol. The zero-order valence-electron chi connectivity index (χ0n) is 26.1. The van der Waals surface area contributed by atoms with Crippen molar-refractivity contribution in [3.05, 3.63) is 59.9 Å². The van der Waals surface area contributed by atoms with Crippen LogP contribution in [0.1, 0.15) is 50.5 Å². The van der Waals surface area contributed by atoms with Crippen molar-refractivity contribution in [2.75, 3.05) is 51.8 Å². The molecule has 2 saturated heterocycles. The van der Waals surface area contributed by atoms with Crippen molar-refractivity contribution < 1.29 is 31.9 Å². The third kappa shape index (κ3) is 6.17. The van der Waals surface area contributed by atoms with Crippen molar-refractivity contribution in [2.24, 2.45) is 17.8 Å². The fraction of sp³-hybridized carbons (Fsp3) is 0.588. The summed E-state index contributed by atoms with van der Waals surface area (Å²) in [5, 5.41) is 2.76. The summed E-state index contributed by atoms with van der Waals surface area (Å²) in [5.74, 6) is -0.624. The second kappa shape index (κ2) is 12.9. The number of carbonyl (C=O) groups excluding carboxylic acids is 2. The molecule has 4 fully saturated rings. The number of methoxy groups -OCH3 is 2. The molecule has 1 amide bonds. The summed E-state index contributed by atoms with van der Waals surface area (Å²) in [6.45, 7) is 4.38. The van der Waals surface area contributed by atoms with E-state index in [-0.39, 0.29) is 29.1 Å². The number of hydrogen-bond donors (Lipinski definition) is 1. The van der Waals surface area contributed by atoms with Gasteiger partial charge in [0.15, 0.2) is 9.84 Å². The Morgan fingerprint density at radius 3 is 2.29 bits per heavy atom. The van der Waals surface area contributed by atoms with Crippen LogP contribution in [0, 0.1) is 23.6 Å². The minimum absolute atomic E-state index is 0.0867. The topological polar surface area (TPSA) is 105 Å². The number of amides is 1. The van der Waals surface area contributed by atoms with Crippen molar-refractivity contribution in [1.29, 1.82) is 0 Å². The minimum Gasteiger partial charge on any atom is -0.468 e. The predicted octanol–water partition coefficient (Wildman–Crippen LogP) is 4.55. The fourth-order valence-corrected chi connectivity index (χ4v) is 9.90. The van der Waals surface area contributed by atoms with E-state index in [0.29, 0.717) is 29.2 Å². The number of nitrogens with zero attached hydrogens (tertiary/aromatic N) is 2. The van der Waals surface area contributed by atoms with Gasteiger partial charge in [-0.1, -0.05) is 18.6 Å². The highest BCUT2D eigenvalue weighted by atomic mass is 32.2. The van der Waals surface area contributed by atoms with Gasteiger partial charge in [0.1, 0.15) is 11.2 Å². The molecule has 11 heteroatoms. The van der Waals surface area contributed by atoms with Crippen LogP contribution < -0.4 is 10.2 Å². The lowest BCUT2D eigenvalue weighted by Gasteiger charge is -2.49. The first kappa shape index (κ1) is 31.8. The van der Waals surface area contributed by atoms with Crippen molar-refractivity contribution in [2.45, 2.75) is 66.5 Å². The van der Waals surface area contributed by atoms with Gasteiger partial charge in [0, 0.05) is 37.3 Å². The smallest absolute Gasteiger partial charge is 0.407 e. The van der Waals surface area contributed by atoms with E-state index >= 15 is 0 Å². The lowest BCUT2D eigenvalue weighted by Crippen LogP contribution is -2.58. The maximum Gasteiger partial charge on any atom is 0.407 e. The zero-order valence-corrected chi connectivity index (χ0v) is 26.9. The van der Waals surface area contributed by atoms with Gasteiger partial charge in [-0.25, -0.2) is 17.6 Å². The van der Waals surface area contributed by atoms with E-state index in [0.717, 1.165) is 70.5 Å². The average molecular weight is 642 g/mol. The Bertz CT molecular complexity index is 1490. The van der Waals surface area contributed by atoms with Gasteiger partial charge in [0.25, 0.3) is 0 Å². The largest absolute Gasteiger partial charge is 0.468 e. The highest BCUT2D eigenvalue weighted by Gasteiger charge is 2.57. The molecule has 2 saturated carbocycles. The number of rotatable bonds is 10. The Morgan fingerprint density at radius 2 is 1.67 bits per heavy atom. The Morgan fingerprint density at radius 1 is 0.956 bits per heavy atom. The van der Waals surface area contributed by atoms with E-state index in [1.165, 1.54) is 26.4 Å². The molecule has 0 radical (unpaired) electrons. The molecule has 2 aliphatic heterocycles. The number of likely N-dealkylation sites (tertiary alicyclic amines) is 1. The van der Waals surface area contributed by atoms with Crippen molar-refractivity contribution in [3.63, 3.8) is 0 Å². The number of esters is 1. The molecule has 244 valence electrons. The average Bonchev–Trinajstić information content (AvgIpc) is 3.80. The molecule has 2 aromatic carbocycles. The fourth-order valence-electron chi connectivity index (χ4n) is 8.24. The zero-order chi connectivity index (χ0) is 31.8. The number of carbonyl (C=O) groups is 2. The van der Waals surface area contributed by atoms with E-state index in [4.69, 9.17) is 9.47 Å². The van der Waals surface area contributed by atoms with Gasteiger partial charge in [0.05, 0.1) is 24.4 Å². The number of benzene rings is 2. The summed E-state index contributed by atoms with van der Waals surface area (Å²) in [5.41, 5.74) is 0.559. The first-order valence-electron chi connectivity index (χ1n) is 16.2. The molecule has 1 N–H and O–H groups in total. The van der Waals surface area contributed by atoms with E-state index in [2.05, 4.69) is 15.1 Å². The van der Waals surface area contributed by atoms with Gasteiger partial charge in [-0.2, -0.15) is 0 Å². The third-order valence-corrected chi connectivity index (χ3v) is 12.9. The van der Waals surface area contributed by atoms with Crippen molar-refractivity contribution in [3.8, 4) is 0 Å². The molecule has 0 aromatic heterocycles. The van der Waals surface area contributed by atoms with Crippen LogP contribution in [0.5, 0.6) is 0 Å². The molecule has 3 atom stereocenters. The summed E-state index contributed by atoms with van der Waals surface area (Å²) < 4.78 is 50.2. The van der Waals surface area contributed by atoms with Gasteiger partial charge in [-0.05, 0) is 105 Å². The number of alkyl carbamates (subject to hydrolysis) is 1. The molecule has 0 bridgehead atoms. The van der Waals surface area contributed by atoms with Crippen molar-refractivity contribution in [1.82, 2.24) is 10.2 Å². The van der Waals surface area contributed by atoms with Crippen molar-refractivity contribution >= 4 is 27.6 Å². The molecular formula is C34H44FN3O6S. The number of halogens is 1. The molecule has 2 aliphatic carbocycles. The Labute approximate surface area is 265 Å². The molecule has 0 spiro atoms. The highest BCUT2D eigenvalue weighted by Crippen LogP contribution is 2.51. The number of sulfone groups is 1. The van der Waals surface area contributed by atoms with Crippen LogP contribution in [0.15, 0.2) is 53.4 Å². The SMILES string of the molecule is COC(=O)N[C@H]1CCC[C@@H]1C(C(=O)OC)(c1cccc(F)c1)C1CCN(CC2CN(c3ccc(S(=O)(=O)C4CC4)cc3)C2)CC1. The summed E-state index contributed by atoms with van der Waals surface area (Å²) in [6, 6.07) is 13.4. The lowest BCUT2D eigenvalue weighted by atomic mass is 9.58. The van der Waals surface area contributed by atoms with Gasteiger partial charge in [-0.15, -0.1) is 0 Å². The highest BCUT2D eigenvalue weighted by molar-refractivity contribution is 7.92. The predicted molar refractivity (Wildman–Crippen MR) is 168 cm³/mol. The van der Waals surface area contributed by atoms with Gasteiger partial charge < -0.3 is 24.6 Å². The van der Waals surface area contributed by atoms with Crippen LogP contribution in [0.4, 0.5) is 14.9 Å². The monoisotopic (exact) mass is 641 g/mol. The number of anilines is 1. The summed E-state index contributed by atoms with van der Waals surface area (Å²) in [6.07, 6.45) is 4.75. The van der Waals surface area contributed by atoms with Gasteiger partial charge in [0.2, 0.25) is 0 Å².